The smallest absolute Gasteiger partial charge is 0.337 e. The third-order valence-corrected chi connectivity index (χ3v) is 6.83. The second-order valence-electron chi connectivity index (χ2n) is 7.32. The molecule has 4 rings (SSSR count). The molecule has 1 fully saturated rings. The quantitative estimate of drug-likeness (QED) is 0.445. The molecule has 0 radical (unpaired) electrons. The van der Waals surface area contributed by atoms with Crippen LogP contribution in [0.2, 0.25) is 0 Å². The summed E-state index contributed by atoms with van der Waals surface area (Å²) in [6, 6.07) is 16.0. The third kappa shape index (κ3) is 4.94. The molecule has 0 unspecified atom stereocenters. The van der Waals surface area contributed by atoms with E-state index in [0.29, 0.717) is 11.5 Å². The van der Waals surface area contributed by atoms with Crippen LogP contribution >= 0.6 is 27.3 Å². The number of carbonyl (C=O) groups excluding carboxylic acids is 1. The highest BCUT2D eigenvalue weighted by Crippen LogP contribution is 2.33. The maximum absolute atomic E-state index is 11.7. The van der Waals surface area contributed by atoms with Crippen LogP contribution in [0, 0.1) is 0 Å². The van der Waals surface area contributed by atoms with E-state index in [0.717, 1.165) is 53.8 Å². The van der Waals surface area contributed by atoms with Crippen molar-refractivity contribution in [3.05, 3.63) is 74.5 Å². The summed E-state index contributed by atoms with van der Waals surface area (Å²) in [6.07, 6.45) is 2.23. The van der Waals surface area contributed by atoms with Gasteiger partial charge in [-0.1, -0.05) is 40.2 Å². The molecule has 0 aliphatic carbocycles. The van der Waals surface area contributed by atoms with Gasteiger partial charge in [0.2, 0.25) is 0 Å². The average Bonchev–Trinajstić information content (AvgIpc) is 3.24. The summed E-state index contributed by atoms with van der Waals surface area (Å²) in [5.74, 6) is 0.245. The van der Waals surface area contributed by atoms with Crippen LogP contribution in [0.4, 0.5) is 0 Å². The van der Waals surface area contributed by atoms with Crippen LogP contribution in [-0.2, 0) is 11.3 Å². The highest BCUT2D eigenvalue weighted by atomic mass is 79.9. The summed E-state index contributed by atoms with van der Waals surface area (Å²) in [4.78, 5) is 19.1. The molecule has 150 valence electrons. The van der Waals surface area contributed by atoms with Gasteiger partial charge in [0, 0.05) is 27.9 Å². The molecule has 0 bridgehead atoms. The molecule has 29 heavy (non-hydrogen) atoms. The maximum Gasteiger partial charge on any atom is 0.337 e. The monoisotopic (exact) mass is 470 g/mol. The molecule has 0 spiro atoms. The van der Waals surface area contributed by atoms with Crippen molar-refractivity contribution in [3.63, 3.8) is 0 Å². The molecule has 0 saturated carbocycles. The molecule has 1 saturated heterocycles. The van der Waals surface area contributed by atoms with E-state index in [1.54, 1.807) is 17.4 Å². The second kappa shape index (κ2) is 9.20. The molecule has 4 nitrogen and oxygen atoms in total. The van der Waals surface area contributed by atoms with Crippen LogP contribution in [0.25, 0.3) is 11.3 Å². The van der Waals surface area contributed by atoms with Crippen molar-refractivity contribution >= 4 is 33.2 Å². The van der Waals surface area contributed by atoms with Crippen LogP contribution in [0.15, 0.2) is 58.4 Å². The van der Waals surface area contributed by atoms with Gasteiger partial charge in [-0.15, -0.1) is 11.3 Å². The van der Waals surface area contributed by atoms with E-state index >= 15 is 0 Å². The number of esters is 1. The molecule has 2 aromatic carbocycles. The lowest BCUT2D eigenvalue weighted by Crippen LogP contribution is -2.32. The van der Waals surface area contributed by atoms with Gasteiger partial charge in [0.05, 0.1) is 23.4 Å². The first kappa shape index (κ1) is 20.3. The Kier molecular flexibility index (Phi) is 6.43. The zero-order chi connectivity index (χ0) is 20.2. The van der Waals surface area contributed by atoms with Crippen molar-refractivity contribution in [1.82, 2.24) is 9.88 Å². The normalized spacial score (nSPS) is 15.4. The molecular weight excluding hydrogens is 448 g/mol. The SMILES string of the molecule is COC(=O)c1cccc(CN2CCC(c3nc(-c4cccc(Br)c4)cs3)CC2)c1. The van der Waals surface area contributed by atoms with Gasteiger partial charge in [-0.05, 0) is 55.8 Å². The number of hydrogen-bond acceptors (Lipinski definition) is 5. The number of nitrogens with zero attached hydrogens (tertiary/aromatic N) is 2. The molecule has 0 N–H and O–H groups in total. The third-order valence-electron chi connectivity index (χ3n) is 5.33. The van der Waals surface area contributed by atoms with Crippen LogP contribution < -0.4 is 0 Å². The van der Waals surface area contributed by atoms with Crippen LogP contribution in [-0.4, -0.2) is 36.1 Å². The van der Waals surface area contributed by atoms with Gasteiger partial charge in [0.1, 0.15) is 0 Å². The Labute approximate surface area is 183 Å². The Morgan fingerprint density at radius 2 is 2.00 bits per heavy atom. The van der Waals surface area contributed by atoms with Crippen LogP contribution in [0.3, 0.4) is 0 Å². The minimum atomic E-state index is -0.282. The van der Waals surface area contributed by atoms with E-state index in [4.69, 9.17) is 9.72 Å². The number of halogens is 1. The first-order chi connectivity index (χ1) is 14.1. The minimum Gasteiger partial charge on any atom is -0.465 e. The van der Waals surface area contributed by atoms with Gasteiger partial charge in [-0.25, -0.2) is 9.78 Å². The molecule has 3 aromatic rings. The Balaban J connectivity index is 1.36. The summed E-state index contributed by atoms with van der Waals surface area (Å²) in [5, 5.41) is 3.41. The van der Waals surface area contributed by atoms with Crippen molar-refractivity contribution in [1.29, 1.82) is 0 Å². The fourth-order valence-electron chi connectivity index (χ4n) is 3.77. The van der Waals surface area contributed by atoms with E-state index in [1.807, 2.05) is 24.3 Å². The fourth-order valence-corrected chi connectivity index (χ4v) is 5.17. The number of benzene rings is 2. The van der Waals surface area contributed by atoms with Gasteiger partial charge in [0.15, 0.2) is 0 Å². The molecule has 0 amide bonds. The number of likely N-dealkylation sites (tertiary alicyclic amines) is 1. The Bertz CT molecular complexity index is 996. The predicted octanol–water partition coefficient (Wildman–Crippen LogP) is 5.74. The van der Waals surface area contributed by atoms with Crippen molar-refractivity contribution in [2.24, 2.45) is 0 Å². The van der Waals surface area contributed by atoms with Crippen LogP contribution in [0.5, 0.6) is 0 Å². The molecule has 6 heteroatoms. The lowest BCUT2D eigenvalue weighted by atomic mass is 9.97. The van der Waals surface area contributed by atoms with Crippen LogP contribution in [0.1, 0.15) is 39.7 Å². The highest BCUT2D eigenvalue weighted by Gasteiger charge is 2.23. The van der Waals surface area contributed by atoms with Gasteiger partial charge in [-0.2, -0.15) is 0 Å². The first-order valence-electron chi connectivity index (χ1n) is 9.73. The standard InChI is InChI=1S/C23H23BrN2O2S/c1-28-23(27)19-6-2-4-16(12-19)14-26-10-8-17(9-11-26)22-25-21(15-29-22)18-5-3-7-20(24)13-18/h2-7,12-13,15,17H,8-11,14H2,1H3. The zero-order valence-corrected chi connectivity index (χ0v) is 18.7. The number of aromatic nitrogens is 1. The Hall–Kier alpha value is -2.02. The van der Waals surface area contributed by atoms with Gasteiger partial charge in [0.25, 0.3) is 0 Å². The van der Waals surface area contributed by atoms with Gasteiger partial charge >= 0.3 is 5.97 Å². The van der Waals surface area contributed by atoms with E-state index in [9.17, 15) is 4.79 Å². The highest BCUT2D eigenvalue weighted by molar-refractivity contribution is 9.10. The van der Waals surface area contributed by atoms with Crippen molar-refractivity contribution in [2.45, 2.75) is 25.3 Å². The number of piperidine rings is 1. The zero-order valence-electron chi connectivity index (χ0n) is 16.3. The minimum absolute atomic E-state index is 0.282. The fraction of sp³-hybridized carbons (Fsp3) is 0.304. The summed E-state index contributed by atoms with van der Waals surface area (Å²) in [5.41, 5.74) is 3.98. The molecule has 0 atom stereocenters. The Morgan fingerprint density at radius 1 is 1.21 bits per heavy atom. The predicted molar refractivity (Wildman–Crippen MR) is 120 cm³/mol. The molecule has 1 aliphatic rings. The van der Waals surface area contributed by atoms with Crippen molar-refractivity contribution < 1.29 is 9.53 Å². The molecule has 1 aromatic heterocycles. The van der Waals surface area contributed by atoms with Crippen molar-refractivity contribution in [2.75, 3.05) is 20.2 Å². The molecule has 1 aliphatic heterocycles. The van der Waals surface area contributed by atoms with E-state index < -0.39 is 0 Å². The van der Waals surface area contributed by atoms with E-state index in [-0.39, 0.29) is 5.97 Å². The largest absolute Gasteiger partial charge is 0.465 e. The van der Waals surface area contributed by atoms with E-state index in [1.165, 1.54) is 12.1 Å². The average molecular weight is 471 g/mol. The Morgan fingerprint density at radius 3 is 2.76 bits per heavy atom. The topological polar surface area (TPSA) is 42.4 Å². The molecular formula is C23H23BrN2O2S. The maximum atomic E-state index is 11.7. The first-order valence-corrected chi connectivity index (χ1v) is 11.4. The summed E-state index contributed by atoms with van der Waals surface area (Å²) >= 11 is 5.31. The van der Waals surface area contributed by atoms with Crippen molar-refractivity contribution in [3.8, 4) is 11.3 Å². The lowest BCUT2D eigenvalue weighted by Gasteiger charge is -2.31. The lowest BCUT2D eigenvalue weighted by molar-refractivity contribution is 0.0600. The summed E-state index contributed by atoms with van der Waals surface area (Å²) in [7, 11) is 1.42. The van der Waals surface area contributed by atoms with E-state index in [2.05, 4.69) is 44.4 Å². The van der Waals surface area contributed by atoms with Gasteiger partial charge < -0.3 is 4.74 Å². The number of methoxy groups -OCH3 is 1. The second-order valence-corrected chi connectivity index (χ2v) is 9.13. The number of thiazole rings is 1. The molecule has 2 heterocycles. The summed E-state index contributed by atoms with van der Waals surface area (Å²) in [6.45, 7) is 2.94. The number of carbonyl (C=O) groups is 1. The summed E-state index contributed by atoms with van der Waals surface area (Å²) < 4.78 is 5.90. The number of ether oxygens (including phenoxy) is 1. The van der Waals surface area contributed by atoms with Gasteiger partial charge in [-0.3, -0.25) is 4.90 Å². The number of rotatable bonds is 5. The number of hydrogen-bond donors (Lipinski definition) is 0.